The first-order chi connectivity index (χ1) is 9.52. The molecule has 1 radical (unpaired) electrons. The minimum Gasteiger partial charge on any atom is -0.465 e. The average Bonchev–Trinajstić information content (AvgIpc) is 2.43. The van der Waals surface area contributed by atoms with Crippen LogP contribution in [-0.2, 0) is 0 Å². The minimum atomic E-state index is -1.08. The van der Waals surface area contributed by atoms with Crippen LogP contribution in [0.5, 0.6) is 0 Å². The van der Waals surface area contributed by atoms with Gasteiger partial charge >= 0.3 is 6.09 Å². The second-order valence-corrected chi connectivity index (χ2v) is 4.49. The van der Waals surface area contributed by atoms with Gasteiger partial charge in [-0.3, -0.25) is 5.41 Å². The van der Waals surface area contributed by atoms with Gasteiger partial charge in [-0.2, -0.15) is 0 Å². The quantitative estimate of drug-likeness (QED) is 0.507. The van der Waals surface area contributed by atoms with Crippen molar-refractivity contribution in [3.63, 3.8) is 0 Å². The Morgan fingerprint density at radius 3 is 2.75 bits per heavy atom. The molecule has 2 aromatic carbocycles. The first-order valence-electron chi connectivity index (χ1n) is 6.18. The summed E-state index contributed by atoms with van der Waals surface area (Å²) < 4.78 is 0. The Balaban J connectivity index is 2.59. The van der Waals surface area contributed by atoms with E-state index in [2.05, 4.69) is 12.2 Å². The van der Waals surface area contributed by atoms with E-state index in [1.54, 1.807) is 12.1 Å². The zero-order valence-electron chi connectivity index (χ0n) is 10.9. The Morgan fingerprint density at radius 2 is 2.15 bits per heavy atom. The van der Waals surface area contributed by atoms with Gasteiger partial charge in [0.05, 0.1) is 6.04 Å². The minimum absolute atomic E-state index is 0.0147. The van der Waals surface area contributed by atoms with E-state index < -0.39 is 12.1 Å². The molecule has 1 atom stereocenters. The number of nitrogens with one attached hydrogen (secondary N) is 2. The summed E-state index contributed by atoms with van der Waals surface area (Å²) in [7, 11) is 0. The van der Waals surface area contributed by atoms with E-state index in [1.807, 2.05) is 24.3 Å². The molecule has 5 heteroatoms. The second-order valence-electron chi connectivity index (χ2n) is 4.49. The Labute approximate surface area is 116 Å². The van der Waals surface area contributed by atoms with Gasteiger partial charge in [-0.1, -0.05) is 37.3 Å². The fourth-order valence-corrected chi connectivity index (χ4v) is 2.22. The summed E-state index contributed by atoms with van der Waals surface area (Å²) in [5, 5.41) is 20.7. The monoisotopic (exact) mass is 270 g/mol. The molecule has 1 unspecified atom stereocenters. The van der Waals surface area contributed by atoms with Crippen molar-refractivity contribution in [2.24, 2.45) is 5.73 Å². The Morgan fingerprint density at radius 1 is 1.40 bits per heavy atom. The average molecular weight is 270 g/mol. The molecule has 0 saturated heterocycles. The third-order valence-electron chi connectivity index (χ3n) is 3.19. The lowest BCUT2D eigenvalue weighted by atomic mass is 9.95. The van der Waals surface area contributed by atoms with Crippen LogP contribution in [0.4, 0.5) is 4.79 Å². The van der Waals surface area contributed by atoms with Gasteiger partial charge in [-0.15, -0.1) is 0 Å². The molecule has 0 aliphatic heterocycles. The molecule has 5 N–H and O–H groups in total. The number of rotatable bonds is 4. The molecule has 0 bridgehead atoms. The normalized spacial score (nSPS) is 12.1. The maximum Gasteiger partial charge on any atom is 0.405 e. The number of nitrogen functional groups attached to an aromatic ring is 1. The zero-order valence-corrected chi connectivity index (χ0v) is 10.9. The van der Waals surface area contributed by atoms with Gasteiger partial charge in [0.25, 0.3) is 0 Å². The van der Waals surface area contributed by atoms with Crippen LogP contribution in [0.15, 0.2) is 36.4 Å². The lowest BCUT2D eigenvalue weighted by Gasteiger charge is -2.18. The van der Waals surface area contributed by atoms with E-state index >= 15 is 0 Å². The zero-order chi connectivity index (χ0) is 14.7. The molecule has 1 amide bonds. The van der Waals surface area contributed by atoms with Crippen LogP contribution in [-0.4, -0.2) is 17.0 Å². The topological polar surface area (TPSA) is 99.2 Å². The molecule has 0 saturated carbocycles. The largest absolute Gasteiger partial charge is 0.465 e. The third-order valence-corrected chi connectivity index (χ3v) is 3.19. The third kappa shape index (κ3) is 2.71. The molecule has 0 aliphatic carbocycles. The van der Waals surface area contributed by atoms with Crippen molar-refractivity contribution < 1.29 is 9.90 Å². The summed E-state index contributed by atoms with van der Waals surface area (Å²) in [4.78, 5) is 10.9. The molecule has 0 fully saturated rings. The highest BCUT2D eigenvalue weighted by molar-refractivity contribution is 6.00. The van der Waals surface area contributed by atoms with Crippen LogP contribution < -0.4 is 11.1 Å². The highest BCUT2D eigenvalue weighted by Gasteiger charge is 2.15. The lowest BCUT2D eigenvalue weighted by Crippen LogP contribution is -2.26. The molecule has 0 aromatic heterocycles. The Bertz CT molecular complexity index is 667. The summed E-state index contributed by atoms with van der Waals surface area (Å²) >= 11 is 0. The maximum atomic E-state index is 10.9. The standard InChI is InChI=1S/C15H16N3O2/c1-2-13(18-15(19)20)11-5-3-4-9-6-7-10(14(16)17)8-12(9)11/h3-8,13,18H,1-2H2,(H3,16,17)(H,19,20). The van der Waals surface area contributed by atoms with Crippen molar-refractivity contribution in [2.75, 3.05) is 0 Å². The highest BCUT2D eigenvalue weighted by atomic mass is 16.4. The molecule has 2 rings (SSSR count). The van der Waals surface area contributed by atoms with Gasteiger partial charge in [-0.05, 0) is 28.8 Å². The van der Waals surface area contributed by atoms with E-state index in [4.69, 9.17) is 16.2 Å². The van der Waals surface area contributed by atoms with Gasteiger partial charge in [-0.25, -0.2) is 4.79 Å². The van der Waals surface area contributed by atoms with Gasteiger partial charge in [0.1, 0.15) is 5.84 Å². The molecular weight excluding hydrogens is 254 g/mol. The van der Waals surface area contributed by atoms with Gasteiger partial charge < -0.3 is 16.2 Å². The lowest BCUT2D eigenvalue weighted by molar-refractivity contribution is 0.190. The van der Waals surface area contributed by atoms with Crippen LogP contribution in [0.25, 0.3) is 10.8 Å². The van der Waals surface area contributed by atoms with E-state index in [0.29, 0.717) is 12.0 Å². The van der Waals surface area contributed by atoms with Crippen molar-refractivity contribution >= 4 is 22.7 Å². The molecule has 0 heterocycles. The number of nitrogens with two attached hydrogens (primary N) is 1. The van der Waals surface area contributed by atoms with E-state index in [0.717, 1.165) is 16.3 Å². The van der Waals surface area contributed by atoms with Gasteiger partial charge in [0, 0.05) is 5.56 Å². The first-order valence-corrected chi connectivity index (χ1v) is 6.18. The fourth-order valence-electron chi connectivity index (χ4n) is 2.22. The number of amides is 1. The fraction of sp³-hybridized carbons (Fsp3) is 0.133. The molecule has 2 aromatic rings. The molecule has 0 spiro atoms. The second kappa shape index (κ2) is 5.61. The summed E-state index contributed by atoms with van der Waals surface area (Å²) in [6.45, 7) is 3.79. The van der Waals surface area contributed by atoms with Crippen LogP contribution in [0.1, 0.15) is 23.6 Å². The van der Waals surface area contributed by atoms with Crippen molar-refractivity contribution in [3.05, 3.63) is 54.4 Å². The van der Waals surface area contributed by atoms with E-state index in [1.165, 1.54) is 0 Å². The number of hydrogen-bond acceptors (Lipinski definition) is 2. The predicted octanol–water partition coefficient (Wildman–Crippen LogP) is 2.66. The smallest absolute Gasteiger partial charge is 0.405 e. The number of carbonyl (C=O) groups is 1. The molecule has 103 valence electrons. The van der Waals surface area contributed by atoms with Crippen molar-refractivity contribution in [2.45, 2.75) is 12.5 Å². The molecular formula is C15H16N3O2. The number of benzene rings is 2. The van der Waals surface area contributed by atoms with E-state index in [9.17, 15) is 4.79 Å². The number of hydrogen-bond donors (Lipinski definition) is 4. The van der Waals surface area contributed by atoms with Gasteiger partial charge in [0.2, 0.25) is 0 Å². The van der Waals surface area contributed by atoms with Crippen LogP contribution in [0, 0.1) is 12.3 Å². The van der Waals surface area contributed by atoms with Gasteiger partial charge in [0.15, 0.2) is 0 Å². The summed E-state index contributed by atoms with van der Waals surface area (Å²) in [6.07, 6.45) is -0.686. The Kier molecular flexibility index (Phi) is 3.89. The molecule has 0 aliphatic rings. The summed E-state index contributed by atoms with van der Waals surface area (Å²) in [5.41, 5.74) is 6.96. The first kappa shape index (κ1) is 13.9. The van der Waals surface area contributed by atoms with Crippen molar-refractivity contribution in [1.29, 1.82) is 5.41 Å². The summed E-state index contributed by atoms with van der Waals surface area (Å²) in [5.74, 6) is -0.0147. The molecule has 20 heavy (non-hydrogen) atoms. The van der Waals surface area contributed by atoms with Crippen LogP contribution in [0.3, 0.4) is 0 Å². The van der Waals surface area contributed by atoms with E-state index in [-0.39, 0.29) is 5.84 Å². The number of carboxylic acid groups (broad SMARTS) is 1. The molecule has 5 nitrogen and oxygen atoms in total. The predicted molar refractivity (Wildman–Crippen MR) is 78.8 cm³/mol. The SMILES string of the molecule is [CH2]CC(NC(=O)O)c1cccc2ccc(C(=N)N)cc12. The maximum absolute atomic E-state index is 10.9. The van der Waals surface area contributed by atoms with Crippen molar-refractivity contribution in [1.82, 2.24) is 5.32 Å². The van der Waals surface area contributed by atoms with Crippen LogP contribution in [0.2, 0.25) is 0 Å². The summed E-state index contributed by atoms with van der Waals surface area (Å²) in [6, 6.07) is 10.7. The number of fused-ring (bicyclic) bond motifs is 1. The highest BCUT2D eigenvalue weighted by Crippen LogP contribution is 2.27. The van der Waals surface area contributed by atoms with Crippen molar-refractivity contribution in [3.8, 4) is 0 Å². The van der Waals surface area contributed by atoms with Crippen LogP contribution >= 0.6 is 0 Å². The Hall–Kier alpha value is -2.56. The number of amidine groups is 1.